The number of carbonyl (C=O) groups is 2. The van der Waals surface area contributed by atoms with E-state index in [9.17, 15) is 19.5 Å². The smallest absolute Gasteiger partial charge is 0.335 e. The lowest BCUT2D eigenvalue weighted by Crippen LogP contribution is -2.13. The van der Waals surface area contributed by atoms with Crippen molar-refractivity contribution in [3.05, 3.63) is 75.5 Å². The zero-order valence-corrected chi connectivity index (χ0v) is 15.7. The normalized spacial score (nSPS) is 11.8. The molecule has 0 fully saturated rings. The summed E-state index contributed by atoms with van der Waals surface area (Å²) in [6, 6.07) is 10.5. The zero-order chi connectivity index (χ0) is 21.1. The van der Waals surface area contributed by atoms with Crippen LogP contribution in [-0.2, 0) is 9.53 Å². The molecule has 0 saturated carbocycles. The van der Waals surface area contributed by atoms with Crippen LogP contribution in [0.2, 0.25) is 0 Å². The third-order valence-corrected chi connectivity index (χ3v) is 4.35. The predicted octanol–water partition coefficient (Wildman–Crippen LogP) is 3.31. The number of hydrogen-bond donors (Lipinski definition) is 2. The van der Waals surface area contributed by atoms with Crippen molar-refractivity contribution in [3.8, 4) is 17.1 Å². The lowest BCUT2D eigenvalue weighted by molar-refractivity contribution is -0.141. The van der Waals surface area contributed by atoms with Crippen LogP contribution in [0.15, 0.2) is 56.1 Å². The summed E-state index contributed by atoms with van der Waals surface area (Å²) < 4.78 is 16.1. The van der Waals surface area contributed by atoms with Crippen molar-refractivity contribution in [2.75, 3.05) is 7.11 Å². The molecule has 29 heavy (non-hydrogen) atoms. The number of carboxylic acids is 1. The number of aryl methyl sites for hydroxylation is 1. The molecule has 2 heterocycles. The van der Waals surface area contributed by atoms with Gasteiger partial charge < -0.3 is 23.8 Å². The highest BCUT2D eigenvalue weighted by Crippen LogP contribution is 2.36. The molecular weight excluding hydrogens is 380 g/mol. The maximum Gasteiger partial charge on any atom is 0.335 e. The van der Waals surface area contributed by atoms with E-state index in [0.29, 0.717) is 11.3 Å². The average molecular weight is 398 g/mol. The van der Waals surface area contributed by atoms with E-state index in [2.05, 4.69) is 0 Å². The van der Waals surface area contributed by atoms with Gasteiger partial charge in [-0.25, -0.2) is 4.79 Å². The first kappa shape index (κ1) is 19.9. The highest BCUT2D eigenvalue weighted by atomic mass is 16.5. The summed E-state index contributed by atoms with van der Waals surface area (Å²) in [6.45, 7) is 1.55. The second-order valence-corrected chi connectivity index (χ2v) is 6.35. The van der Waals surface area contributed by atoms with Crippen molar-refractivity contribution in [2.45, 2.75) is 19.3 Å². The van der Waals surface area contributed by atoms with Crippen LogP contribution in [0, 0.1) is 6.92 Å². The van der Waals surface area contributed by atoms with Crippen LogP contribution in [0.25, 0.3) is 11.3 Å². The molecule has 2 N–H and O–H groups in total. The number of carbonyl (C=O) groups excluding carboxylic acids is 1. The number of aromatic carboxylic acids is 1. The maximum absolute atomic E-state index is 12.0. The molecule has 8 heteroatoms. The monoisotopic (exact) mass is 398 g/mol. The minimum Gasteiger partial charge on any atom is -0.502 e. The summed E-state index contributed by atoms with van der Waals surface area (Å²) in [6.07, 6.45) is -0.238. The van der Waals surface area contributed by atoms with Crippen molar-refractivity contribution in [3.63, 3.8) is 0 Å². The van der Waals surface area contributed by atoms with Crippen LogP contribution in [0.3, 0.4) is 0 Å². The molecule has 0 aliphatic rings. The number of carboxylic acid groups (broad SMARTS) is 1. The Morgan fingerprint density at radius 1 is 1.14 bits per heavy atom. The lowest BCUT2D eigenvalue weighted by atomic mass is 9.98. The number of aromatic hydroxyl groups is 1. The minimum atomic E-state index is -1.08. The summed E-state index contributed by atoms with van der Waals surface area (Å²) >= 11 is 0. The van der Waals surface area contributed by atoms with Crippen LogP contribution in [0.4, 0.5) is 0 Å². The molecule has 0 radical (unpaired) electrons. The van der Waals surface area contributed by atoms with Crippen molar-refractivity contribution in [2.24, 2.45) is 0 Å². The Morgan fingerprint density at radius 2 is 1.90 bits per heavy atom. The highest BCUT2D eigenvalue weighted by Gasteiger charge is 2.29. The molecule has 3 rings (SSSR count). The molecular formula is C21H18O8. The third-order valence-electron chi connectivity index (χ3n) is 4.35. The minimum absolute atomic E-state index is 0.0916. The van der Waals surface area contributed by atoms with E-state index in [0.717, 1.165) is 6.07 Å². The molecule has 2 aromatic heterocycles. The molecule has 1 atom stereocenters. The summed E-state index contributed by atoms with van der Waals surface area (Å²) in [7, 11) is 1.22. The van der Waals surface area contributed by atoms with E-state index in [4.69, 9.17) is 18.7 Å². The highest BCUT2D eigenvalue weighted by molar-refractivity contribution is 5.89. The van der Waals surface area contributed by atoms with Crippen LogP contribution >= 0.6 is 0 Å². The largest absolute Gasteiger partial charge is 0.502 e. The molecule has 1 aromatic carbocycles. The fourth-order valence-electron chi connectivity index (χ4n) is 2.94. The Morgan fingerprint density at radius 3 is 2.59 bits per heavy atom. The zero-order valence-electron chi connectivity index (χ0n) is 15.7. The Kier molecular flexibility index (Phi) is 5.54. The molecule has 150 valence electrons. The SMILES string of the molecule is COC(=O)CC(c1ccc(-c2cccc(C(=O)O)c2)o1)c1oc(C)cc(=O)c1O. The molecule has 3 aromatic rings. The molecule has 0 aliphatic carbocycles. The van der Waals surface area contributed by atoms with Gasteiger partial charge in [0.25, 0.3) is 0 Å². The van der Waals surface area contributed by atoms with E-state index in [1.165, 1.54) is 19.2 Å². The molecule has 0 spiro atoms. The van der Waals surface area contributed by atoms with Crippen molar-refractivity contribution in [1.29, 1.82) is 0 Å². The summed E-state index contributed by atoms with van der Waals surface area (Å²) in [5.74, 6) is -2.44. The van der Waals surface area contributed by atoms with Gasteiger partial charge in [-0.3, -0.25) is 9.59 Å². The van der Waals surface area contributed by atoms with Crippen molar-refractivity contribution >= 4 is 11.9 Å². The van der Waals surface area contributed by atoms with E-state index in [1.54, 1.807) is 31.2 Å². The van der Waals surface area contributed by atoms with E-state index in [-0.39, 0.29) is 29.3 Å². The van der Waals surface area contributed by atoms with Crippen molar-refractivity contribution in [1.82, 2.24) is 0 Å². The van der Waals surface area contributed by atoms with Crippen LogP contribution in [0.5, 0.6) is 5.75 Å². The molecule has 0 aliphatic heterocycles. The number of furan rings is 1. The quantitative estimate of drug-likeness (QED) is 0.606. The Balaban J connectivity index is 2.07. The first-order valence-corrected chi connectivity index (χ1v) is 8.64. The van der Waals surface area contributed by atoms with Crippen molar-refractivity contribution < 1.29 is 33.4 Å². The number of esters is 1. The fourth-order valence-corrected chi connectivity index (χ4v) is 2.94. The summed E-state index contributed by atoms with van der Waals surface area (Å²) in [5.41, 5.74) is -0.0312. The van der Waals surface area contributed by atoms with E-state index < -0.39 is 29.0 Å². The average Bonchev–Trinajstić information content (AvgIpc) is 3.19. The fraction of sp³-hybridized carbons (Fsp3) is 0.190. The maximum atomic E-state index is 12.0. The molecule has 8 nitrogen and oxygen atoms in total. The molecule has 1 unspecified atom stereocenters. The van der Waals surface area contributed by atoms with Crippen LogP contribution in [0.1, 0.15) is 40.0 Å². The van der Waals surface area contributed by atoms with Gasteiger partial charge >= 0.3 is 11.9 Å². The third kappa shape index (κ3) is 4.21. The van der Waals surface area contributed by atoms with Gasteiger partial charge in [0.1, 0.15) is 17.3 Å². The lowest BCUT2D eigenvalue weighted by Gasteiger charge is -2.14. The first-order chi connectivity index (χ1) is 13.8. The topological polar surface area (TPSA) is 127 Å². The second-order valence-electron chi connectivity index (χ2n) is 6.35. The van der Waals surface area contributed by atoms with Gasteiger partial charge in [-0.15, -0.1) is 0 Å². The van der Waals surface area contributed by atoms with E-state index >= 15 is 0 Å². The van der Waals surface area contributed by atoms with Gasteiger partial charge in [0, 0.05) is 11.6 Å². The molecule has 0 bridgehead atoms. The number of hydrogen-bond acceptors (Lipinski definition) is 7. The summed E-state index contributed by atoms with van der Waals surface area (Å²) in [4.78, 5) is 35.1. The van der Waals surface area contributed by atoms with Gasteiger partial charge in [-0.1, -0.05) is 12.1 Å². The van der Waals surface area contributed by atoms with Gasteiger partial charge in [0.15, 0.2) is 5.76 Å². The standard InChI is InChI=1S/C21H18O8/c1-11-8-15(22)19(24)20(28-11)14(10-18(23)27-2)17-7-6-16(29-17)12-4-3-5-13(9-12)21(25)26/h3-9,14,24H,10H2,1-2H3,(H,25,26). The van der Waals surface area contributed by atoms with Crippen LogP contribution in [-0.4, -0.2) is 29.3 Å². The number of benzene rings is 1. The first-order valence-electron chi connectivity index (χ1n) is 8.64. The predicted molar refractivity (Wildman–Crippen MR) is 101 cm³/mol. The van der Waals surface area contributed by atoms with E-state index in [1.807, 2.05) is 0 Å². The van der Waals surface area contributed by atoms with Gasteiger partial charge in [0.2, 0.25) is 11.2 Å². The second kappa shape index (κ2) is 8.05. The number of ether oxygens (including phenoxy) is 1. The Bertz CT molecular complexity index is 1120. The molecule has 0 saturated heterocycles. The number of rotatable bonds is 6. The molecule has 0 amide bonds. The van der Waals surface area contributed by atoms with Gasteiger partial charge in [-0.05, 0) is 31.2 Å². The Labute approximate surface area is 165 Å². The summed E-state index contributed by atoms with van der Waals surface area (Å²) in [5, 5.41) is 19.4. The van der Waals surface area contributed by atoms with Gasteiger partial charge in [-0.2, -0.15) is 0 Å². The number of methoxy groups -OCH3 is 1. The van der Waals surface area contributed by atoms with Gasteiger partial charge in [0.05, 0.1) is 25.0 Å². The van der Waals surface area contributed by atoms with Crippen LogP contribution < -0.4 is 5.43 Å². The Hall–Kier alpha value is -3.81.